The van der Waals surface area contributed by atoms with Gasteiger partial charge in [0, 0.05) is 20.2 Å². The van der Waals surface area contributed by atoms with Crippen LogP contribution in [-0.2, 0) is 9.47 Å². The normalized spacial score (nSPS) is 23.6. The zero-order chi connectivity index (χ0) is 11.1. The molecular formula is C12H25NO2. The summed E-state index contributed by atoms with van der Waals surface area (Å²) in [6.45, 7) is 9.43. The molecule has 0 amide bonds. The van der Waals surface area contributed by atoms with Crippen LogP contribution in [0.4, 0.5) is 0 Å². The molecule has 0 aromatic rings. The molecular weight excluding hydrogens is 190 g/mol. The summed E-state index contributed by atoms with van der Waals surface area (Å²) in [5, 5.41) is 0. The highest BCUT2D eigenvalue weighted by Crippen LogP contribution is 2.16. The van der Waals surface area contributed by atoms with Crippen molar-refractivity contribution in [1.82, 2.24) is 4.90 Å². The van der Waals surface area contributed by atoms with E-state index in [1.807, 2.05) is 0 Å². The third kappa shape index (κ3) is 5.50. The summed E-state index contributed by atoms with van der Waals surface area (Å²) >= 11 is 0. The lowest BCUT2D eigenvalue weighted by atomic mass is 9.99. The Morgan fingerprint density at radius 2 is 2.20 bits per heavy atom. The van der Waals surface area contributed by atoms with Crippen molar-refractivity contribution < 1.29 is 9.47 Å². The fourth-order valence-corrected chi connectivity index (χ4v) is 2.04. The quantitative estimate of drug-likeness (QED) is 0.674. The topological polar surface area (TPSA) is 21.7 Å². The maximum Gasteiger partial charge on any atom is 0.0589 e. The first kappa shape index (κ1) is 12.9. The van der Waals surface area contributed by atoms with Gasteiger partial charge in [0.25, 0.3) is 0 Å². The molecule has 3 heteroatoms. The van der Waals surface area contributed by atoms with E-state index in [0.717, 1.165) is 25.7 Å². The summed E-state index contributed by atoms with van der Waals surface area (Å²) in [6, 6.07) is 0. The average molecular weight is 215 g/mol. The first-order valence-corrected chi connectivity index (χ1v) is 6.05. The van der Waals surface area contributed by atoms with Gasteiger partial charge in [0.05, 0.1) is 19.3 Å². The number of likely N-dealkylation sites (tertiary alicyclic amines) is 1. The van der Waals surface area contributed by atoms with Crippen LogP contribution >= 0.6 is 0 Å². The fourth-order valence-electron chi connectivity index (χ4n) is 2.04. The van der Waals surface area contributed by atoms with E-state index in [9.17, 15) is 0 Å². The molecule has 0 aliphatic carbocycles. The van der Waals surface area contributed by atoms with Gasteiger partial charge in [-0.1, -0.05) is 0 Å². The van der Waals surface area contributed by atoms with Gasteiger partial charge in [-0.05, 0) is 39.2 Å². The Kier molecular flexibility index (Phi) is 6.22. The lowest BCUT2D eigenvalue weighted by molar-refractivity contribution is 0.0217. The monoisotopic (exact) mass is 215 g/mol. The van der Waals surface area contributed by atoms with Gasteiger partial charge in [-0.25, -0.2) is 0 Å². The van der Waals surface area contributed by atoms with Crippen molar-refractivity contribution in [3.63, 3.8) is 0 Å². The minimum Gasteiger partial charge on any atom is -0.383 e. The number of piperidine rings is 1. The molecule has 1 fully saturated rings. The van der Waals surface area contributed by atoms with E-state index < -0.39 is 0 Å². The molecule has 1 rings (SSSR count). The molecule has 1 saturated heterocycles. The molecule has 0 bridgehead atoms. The van der Waals surface area contributed by atoms with Crippen molar-refractivity contribution in [2.24, 2.45) is 5.92 Å². The molecule has 1 atom stereocenters. The second-order valence-electron chi connectivity index (χ2n) is 4.68. The average Bonchev–Trinajstić information content (AvgIpc) is 2.24. The summed E-state index contributed by atoms with van der Waals surface area (Å²) in [5.74, 6) is 0.720. The Hall–Kier alpha value is -0.120. The van der Waals surface area contributed by atoms with Gasteiger partial charge in [0.15, 0.2) is 0 Å². The largest absolute Gasteiger partial charge is 0.383 e. The van der Waals surface area contributed by atoms with Crippen LogP contribution in [-0.4, -0.2) is 51.0 Å². The number of hydrogen-bond acceptors (Lipinski definition) is 3. The highest BCUT2D eigenvalue weighted by atomic mass is 16.5. The Morgan fingerprint density at radius 1 is 1.40 bits per heavy atom. The number of rotatable bonds is 6. The summed E-state index contributed by atoms with van der Waals surface area (Å²) < 4.78 is 10.8. The number of methoxy groups -OCH3 is 1. The molecule has 0 N–H and O–H groups in total. The highest BCUT2D eigenvalue weighted by Gasteiger charge is 2.19. The molecule has 0 radical (unpaired) electrons. The minimum atomic E-state index is 0.361. The molecule has 0 unspecified atom stereocenters. The lowest BCUT2D eigenvalue weighted by Crippen LogP contribution is -2.39. The standard InChI is InChI=1S/C12H25NO2/c1-11(2)15-10-12-5-4-6-13(9-12)7-8-14-3/h11-12H,4-10H2,1-3H3/t12-/m0/s1. The van der Waals surface area contributed by atoms with Gasteiger partial charge in [-0.2, -0.15) is 0 Å². The molecule has 0 spiro atoms. The second kappa shape index (κ2) is 7.20. The zero-order valence-corrected chi connectivity index (χ0v) is 10.4. The fraction of sp³-hybridized carbons (Fsp3) is 1.00. The van der Waals surface area contributed by atoms with E-state index in [2.05, 4.69) is 18.7 Å². The van der Waals surface area contributed by atoms with E-state index in [-0.39, 0.29) is 0 Å². The molecule has 0 aromatic heterocycles. The zero-order valence-electron chi connectivity index (χ0n) is 10.4. The van der Waals surface area contributed by atoms with Crippen molar-refractivity contribution in [3.05, 3.63) is 0 Å². The van der Waals surface area contributed by atoms with Crippen LogP contribution in [0.25, 0.3) is 0 Å². The van der Waals surface area contributed by atoms with Gasteiger partial charge in [-0.3, -0.25) is 0 Å². The summed E-state index contributed by atoms with van der Waals surface area (Å²) in [6.07, 6.45) is 2.98. The predicted molar refractivity (Wildman–Crippen MR) is 62.1 cm³/mol. The van der Waals surface area contributed by atoms with E-state index in [4.69, 9.17) is 9.47 Å². The molecule has 0 saturated carbocycles. The third-order valence-corrected chi connectivity index (χ3v) is 2.88. The highest BCUT2D eigenvalue weighted by molar-refractivity contribution is 4.72. The maximum atomic E-state index is 5.68. The van der Waals surface area contributed by atoms with Gasteiger partial charge < -0.3 is 14.4 Å². The molecule has 1 heterocycles. The third-order valence-electron chi connectivity index (χ3n) is 2.88. The van der Waals surface area contributed by atoms with Crippen LogP contribution in [0.1, 0.15) is 26.7 Å². The van der Waals surface area contributed by atoms with Crippen LogP contribution in [0.5, 0.6) is 0 Å². The van der Waals surface area contributed by atoms with Gasteiger partial charge in [0.2, 0.25) is 0 Å². The first-order chi connectivity index (χ1) is 7.22. The van der Waals surface area contributed by atoms with Crippen molar-refractivity contribution in [2.45, 2.75) is 32.8 Å². The molecule has 1 aliphatic rings. The van der Waals surface area contributed by atoms with Crippen molar-refractivity contribution >= 4 is 0 Å². The number of hydrogen-bond donors (Lipinski definition) is 0. The number of nitrogens with zero attached hydrogens (tertiary/aromatic N) is 1. The smallest absolute Gasteiger partial charge is 0.0589 e. The molecule has 0 aromatic carbocycles. The van der Waals surface area contributed by atoms with E-state index >= 15 is 0 Å². The lowest BCUT2D eigenvalue weighted by Gasteiger charge is -2.32. The molecule has 1 aliphatic heterocycles. The van der Waals surface area contributed by atoms with Gasteiger partial charge >= 0.3 is 0 Å². The summed E-state index contributed by atoms with van der Waals surface area (Å²) in [7, 11) is 1.77. The van der Waals surface area contributed by atoms with Crippen LogP contribution in [0.2, 0.25) is 0 Å². The van der Waals surface area contributed by atoms with Crippen LogP contribution in [0.3, 0.4) is 0 Å². The first-order valence-electron chi connectivity index (χ1n) is 6.05. The Morgan fingerprint density at radius 3 is 2.87 bits per heavy atom. The summed E-state index contributed by atoms with van der Waals surface area (Å²) in [4.78, 5) is 2.49. The molecule has 15 heavy (non-hydrogen) atoms. The maximum absolute atomic E-state index is 5.68. The summed E-state index contributed by atoms with van der Waals surface area (Å²) in [5.41, 5.74) is 0. The SMILES string of the molecule is COCCN1CCC[C@H](COC(C)C)C1. The Balaban J connectivity index is 2.17. The second-order valence-corrected chi connectivity index (χ2v) is 4.68. The van der Waals surface area contributed by atoms with Crippen LogP contribution in [0, 0.1) is 5.92 Å². The predicted octanol–water partition coefficient (Wildman–Crippen LogP) is 1.77. The van der Waals surface area contributed by atoms with Crippen LogP contribution < -0.4 is 0 Å². The molecule has 3 nitrogen and oxygen atoms in total. The molecule has 90 valence electrons. The van der Waals surface area contributed by atoms with Crippen molar-refractivity contribution in [1.29, 1.82) is 0 Å². The van der Waals surface area contributed by atoms with Gasteiger partial charge in [-0.15, -0.1) is 0 Å². The minimum absolute atomic E-state index is 0.361. The van der Waals surface area contributed by atoms with Gasteiger partial charge in [0.1, 0.15) is 0 Å². The Bertz CT molecular complexity index is 162. The van der Waals surface area contributed by atoms with E-state index in [1.54, 1.807) is 7.11 Å². The van der Waals surface area contributed by atoms with E-state index in [1.165, 1.54) is 25.9 Å². The van der Waals surface area contributed by atoms with Crippen molar-refractivity contribution in [2.75, 3.05) is 40.0 Å². The number of ether oxygens (including phenoxy) is 2. The van der Waals surface area contributed by atoms with Crippen LogP contribution in [0.15, 0.2) is 0 Å². The van der Waals surface area contributed by atoms with E-state index in [0.29, 0.717) is 6.10 Å². The Labute approximate surface area is 93.7 Å². The van der Waals surface area contributed by atoms with Crippen molar-refractivity contribution in [3.8, 4) is 0 Å².